The number of H-pyrrole nitrogens is 1. The van der Waals surface area contributed by atoms with Crippen molar-refractivity contribution in [3.63, 3.8) is 0 Å². The number of nitrogen functional groups attached to an aromatic ring is 1. The SMILES string of the molecule is CCOC(=O)CN(CCOC)CC(=O)N(CCOC)c1c(N)n(CC(C)C)c(=O)[nH]c1=O. The number of nitrogens with two attached hydrogens (primary N) is 1. The van der Waals surface area contributed by atoms with Gasteiger partial charge in [0.1, 0.15) is 5.82 Å². The third-order valence-corrected chi connectivity index (χ3v) is 4.48. The number of carbonyl (C=O) groups excluding carboxylic acids is 2. The van der Waals surface area contributed by atoms with Gasteiger partial charge in [0, 0.05) is 33.9 Å². The molecule has 1 heterocycles. The lowest BCUT2D eigenvalue weighted by Gasteiger charge is -2.27. The van der Waals surface area contributed by atoms with E-state index in [4.69, 9.17) is 19.9 Å². The maximum atomic E-state index is 13.2. The van der Waals surface area contributed by atoms with Crippen LogP contribution < -0.4 is 21.9 Å². The second-order valence-electron chi connectivity index (χ2n) is 7.54. The first-order valence-electron chi connectivity index (χ1n) is 10.4. The van der Waals surface area contributed by atoms with E-state index in [9.17, 15) is 19.2 Å². The quantitative estimate of drug-likeness (QED) is 0.345. The van der Waals surface area contributed by atoms with Crippen LogP contribution in [0.5, 0.6) is 0 Å². The maximum Gasteiger partial charge on any atom is 0.330 e. The number of aromatic amines is 1. The minimum Gasteiger partial charge on any atom is -0.465 e. The van der Waals surface area contributed by atoms with E-state index in [0.717, 1.165) is 0 Å². The van der Waals surface area contributed by atoms with Crippen molar-refractivity contribution in [3.8, 4) is 0 Å². The number of rotatable bonds is 14. The van der Waals surface area contributed by atoms with Crippen molar-refractivity contribution in [2.24, 2.45) is 5.92 Å². The number of hydrogen-bond acceptors (Lipinski definition) is 9. The smallest absolute Gasteiger partial charge is 0.330 e. The lowest BCUT2D eigenvalue weighted by Crippen LogP contribution is -2.48. The molecule has 0 radical (unpaired) electrons. The van der Waals surface area contributed by atoms with Gasteiger partial charge in [-0.05, 0) is 12.8 Å². The summed E-state index contributed by atoms with van der Waals surface area (Å²) in [5.41, 5.74) is 4.63. The van der Waals surface area contributed by atoms with E-state index >= 15 is 0 Å². The molecule has 0 saturated heterocycles. The average molecular weight is 458 g/mol. The van der Waals surface area contributed by atoms with E-state index in [-0.39, 0.29) is 70.0 Å². The number of anilines is 2. The van der Waals surface area contributed by atoms with Gasteiger partial charge in [0.15, 0.2) is 5.69 Å². The number of nitrogens with zero attached hydrogens (tertiary/aromatic N) is 3. The van der Waals surface area contributed by atoms with Crippen molar-refractivity contribution in [2.75, 3.05) is 70.9 Å². The molecule has 0 spiro atoms. The number of methoxy groups -OCH3 is 2. The van der Waals surface area contributed by atoms with Gasteiger partial charge in [0.25, 0.3) is 5.56 Å². The van der Waals surface area contributed by atoms with Crippen molar-refractivity contribution in [2.45, 2.75) is 27.3 Å². The van der Waals surface area contributed by atoms with Crippen LogP contribution in [0, 0.1) is 5.92 Å². The molecule has 32 heavy (non-hydrogen) atoms. The van der Waals surface area contributed by atoms with Gasteiger partial charge in [-0.25, -0.2) is 4.79 Å². The van der Waals surface area contributed by atoms with E-state index in [0.29, 0.717) is 0 Å². The van der Waals surface area contributed by atoms with Gasteiger partial charge in [0.05, 0.1) is 32.9 Å². The van der Waals surface area contributed by atoms with Gasteiger partial charge < -0.3 is 24.8 Å². The highest BCUT2D eigenvalue weighted by atomic mass is 16.5. The third kappa shape index (κ3) is 8.09. The first-order chi connectivity index (χ1) is 15.2. The predicted molar refractivity (Wildman–Crippen MR) is 120 cm³/mol. The van der Waals surface area contributed by atoms with Gasteiger partial charge in [-0.3, -0.25) is 28.8 Å². The molecule has 0 aliphatic heterocycles. The lowest BCUT2D eigenvalue weighted by molar-refractivity contribution is -0.144. The van der Waals surface area contributed by atoms with Gasteiger partial charge in [0.2, 0.25) is 5.91 Å². The summed E-state index contributed by atoms with van der Waals surface area (Å²) in [4.78, 5) is 55.0. The fourth-order valence-electron chi connectivity index (χ4n) is 3.03. The molecule has 1 rings (SSSR count). The van der Waals surface area contributed by atoms with Crippen molar-refractivity contribution < 1.29 is 23.8 Å². The van der Waals surface area contributed by atoms with Crippen molar-refractivity contribution in [3.05, 3.63) is 20.8 Å². The summed E-state index contributed by atoms with van der Waals surface area (Å²) in [6, 6.07) is 0. The molecule has 0 aliphatic carbocycles. The summed E-state index contributed by atoms with van der Waals surface area (Å²) in [5.74, 6) is -1.01. The maximum absolute atomic E-state index is 13.2. The van der Waals surface area contributed by atoms with Crippen LogP contribution in [0.1, 0.15) is 20.8 Å². The zero-order valence-corrected chi connectivity index (χ0v) is 19.5. The lowest BCUT2D eigenvalue weighted by atomic mass is 10.2. The standard InChI is InChI=1S/C20H35N5O7/c1-6-32-16(27)13-23(7-9-30-4)12-15(26)24(8-10-31-5)17-18(21)25(11-14(2)3)20(29)22-19(17)28/h14H,6-13,21H2,1-5H3,(H,22,28,29). The number of aromatic nitrogens is 2. The minimum atomic E-state index is -0.772. The highest BCUT2D eigenvalue weighted by molar-refractivity contribution is 5.97. The summed E-state index contributed by atoms with van der Waals surface area (Å²) >= 11 is 0. The fraction of sp³-hybridized carbons (Fsp3) is 0.700. The van der Waals surface area contributed by atoms with Crippen LogP contribution in [0.4, 0.5) is 11.5 Å². The Kier molecular flexibility index (Phi) is 11.7. The van der Waals surface area contributed by atoms with Gasteiger partial charge in [-0.15, -0.1) is 0 Å². The summed E-state index contributed by atoms with van der Waals surface area (Å²) in [5, 5.41) is 0. The molecule has 0 atom stereocenters. The molecule has 1 amide bonds. The van der Waals surface area contributed by atoms with E-state index < -0.39 is 23.1 Å². The topological polar surface area (TPSA) is 149 Å². The Labute approximate surface area is 187 Å². The monoisotopic (exact) mass is 457 g/mol. The average Bonchev–Trinajstić information content (AvgIpc) is 2.71. The molecule has 0 bridgehead atoms. The summed E-state index contributed by atoms with van der Waals surface area (Å²) in [6.07, 6.45) is 0. The third-order valence-electron chi connectivity index (χ3n) is 4.48. The summed E-state index contributed by atoms with van der Waals surface area (Å²) < 4.78 is 16.3. The van der Waals surface area contributed by atoms with Crippen molar-refractivity contribution in [1.29, 1.82) is 0 Å². The molecule has 0 unspecified atom stereocenters. The van der Waals surface area contributed by atoms with Crippen LogP contribution >= 0.6 is 0 Å². The molecule has 1 aromatic rings. The first kappa shape index (κ1) is 27.3. The molecule has 12 heteroatoms. The van der Waals surface area contributed by atoms with Gasteiger partial charge in [-0.1, -0.05) is 13.8 Å². The van der Waals surface area contributed by atoms with Gasteiger partial charge in [-0.2, -0.15) is 0 Å². The highest BCUT2D eigenvalue weighted by Crippen LogP contribution is 2.18. The molecule has 0 aliphatic rings. The Morgan fingerprint density at radius 1 is 1.09 bits per heavy atom. The van der Waals surface area contributed by atoms with Gasteiger partial charge >= 0.3 is 11.7 Å². The molecular formula is C20H35N5O7. The summed E-state index contributed by atoms with van der Waals surface area (Å²) in [7, 11) is 2.97. The number of ether oxygens (including phenoxy) is 3. The van der Waals surface area contributed by atoms with Crippen LogP contribution in [0.15, 0.2) is 9.59 Å². The number of esters is 1. The van der Waals surface area contributed by atoms with Crippen LogP contribution in [0.2, 0.25) is 0 Å². The fourth-order valence-corrected chi connectivity index (χ4v) is 3.03. The second-order valence-corrected chi connectivity index (χ2v) is 7.54. The molecule has 0 fully saturated rings. The zero-order chi connectivity index (χ0) is 24.3. The molecule has 0 aromatic carbocycles. The Morgan fingerprint density at radius 2 is 1.72 bits per heavy atom. The van der Waals surface area contributed by atoms with Crippen LogP contribution in [0.3, 0.4) is 0 Å². The number of hydrogen-bond donors (Lipinski definition) is 2. The summed E-state index contributed by atoms with van der Waals surface area (Å²) in [6.45, 7) is 6.37. The first-order valence-corrected chi connectivity index (χ1v) is 10.4. The molecule has 182 valence electrons. The Balaban J connectivity index is 3.31. The Morgan fingerprint density at radius 3 is 2.28 bits per heavy atom. The largest absolute Gasteiger partial charge is 0.465 e. The number of amides is 1. The second kappa shape index (κ2) is 13.7. The predicted octanol–water partition coefficient (Wildman–Crippen LogP) is -0.734. The van der Waals surface area contributed by atoms with Crippen LogP contribution in [-0.4, -0.2) is 86.5 Å². The molecule has 3 N–H and O–H groups in total. The number of nitrogens with one attached hydrogen (secondary N) is 1. The molecule has 12 nitrogen and oxygen atoms in total. The van der Waals surface area contributed by atoms with E-state index in [2.05, 4.69) is 4.98 Å². The minimum absolute atomic E-state index is 0.0278. The molecular weight excluding hydrogens is 422 g/mol. The normalized spacial score (nSPS) is 11.2. The van der Waals surface area contributed by atoms with Crippen LogP contribution in [0.25, 0.3) is 0 Å². The highest BCUT2D eigenvalue weighted by Gasteiger charge is 2.26. The Bertz CT molecular complexity index is 865. The van der Waals surface area contributed by atoms with E-state index in [1.807, 2.05) is 13.8 Å². The van der Waals surface area contributed by atoms with Crippen LogP contribution in [-0.2, 0) is 30.3 Å². The molecule has 0 saturated carbocycles. The number of carbonyl (C=O) groups is 2. The zero-order valence-electron chi connectivity index (χ0n) is 19.5. The Hall–Kier alpha value is -2.70. The van der Waals surface area contributed by atoms with Crippen molar-refractivity contribution >= 4 is 23.4 Å². The van der Waals surface area contributed by atoms with E-state index in [1.54, 1.807) is 11.8 Å². The van der Waals surface area contributed by atoms with E-state index in [1.165, 1.54) is 23.7 Å². The van der Waals surface area contributed by atoms with Crippen molar-refractivity contribution in [1.82, 2.24) is 14.5 Å². The molecule has 1 aromatic heterocycles.